The predicted octanol–water partition coefficient (Wildman–Crippen LogP) is 5.87. The van der Waals surface area contributed by atoms with Crippen LogP contribution in [0.2, 0.25) is 5.02 Å². The first-order chi connectivity index (χ1) is 14.3. The van der Waals surface area contributed by atoms with Gasteiger partial charge in [-0.15, -0.1) is 0 Å². The second kappa shape index (κ2) is 7.84. The average Bonchev–Trinajstić information content (AvgIpc) is 3.23. The van der Waals surface area contributed by atoms with Gasteiger partial charge in [-0.2, -0.15) is 5.10 Å². The zero-order valence-corrected chi connectivity index (χ0v) is 18.0. The van der Waals surface area contributed by atoms with E-state index in [9.17, 15) is 4.79 Å². The molecular formula is C24H22ClN3O2. The minimum absolute atomic E-state index is 0.185. The number of fused-ring (bicyclic) bond motifs is 1. The average molecular weight is 420 g/mol. The summed E-state index contributed by atoms with van der Waals surface area (Å²) in [5, 5.41) is 5.49. The normalized spacial score (nSPS) is 11.5. The molecule has 6 heteroatoms. The molecule has 0 aliphatic rings. The summed E-state index contributed by atoms with van der Waals surface area (Å²) in [5.74, 6) is -0.230. The van der Waals surface area contributed by atoms with E-state index in [1.54, 1.807) is 30.5 Å². The van der Waals surface area contributed by atoms with Crippen molar-refractivity contribution in [1.29, 1.82) is 0 Å². The largest absolute Gasteiger partial charge is 0.451 e. The van der Waals surface area contributed by atoms with Gasteiger partial charge >= 0.3 is 5.91 Å². The molecule has 0 saturated carbocycles. The molecule has 30 heavy (non-hydrogen) atoms. The van der Waals surface area contributed by atoms with Gasteiger partial charge in [0.25, 0.3) is 0 Å². The minimum atomic E-state index is -0.415. The SMILES string of the molecule is Cc1ccc(-n2c(C)cc(/C=N/NC(=O)c3cc4cc(Cl)ccc4o3)c2C)c(C)c1. The van der Waals surface area contributed by atoms with Crippen molar-refractivity contribution in [3.8, 4) is 5.69 Å². The number of nitrogens with zero attached hydrogens (tertiary/aromatic N) is 2. The van der Waals surface area contributed by atoms with E-state index < -0.39 is 5.91 Å². The lowest BCUT2D eigenvalue weighted by Gasteiger charge is -2.13. The Morgan fingerprint density at radius 1 is 1.07 bits per heavy atom. The Labute approximate surface area is 180 Å². The van der Waals surface area contributed by atoms with Crippen LogP contribution >= 0.6 is 11.6 Å². The van der Waals surface area contributed by atoms with E-state index in [1.807, 2.05) is 13.0 Å². The first-order valence-electron chi connectivity index (χ1n) is 9.62. The molecule has 0 aliphatic heterocycles. The van der Waals surface area contributed by atoms with Crippen LogP contribution in [-0.2, 0) is 0 Å². The quantitative estimate of drug-likeness (QED) is 0.332. The maximum Gasteiger partial charge on any atom is 0.307 e. The van der Waals surface area contributed by atoms with E-state index in [0.29, 0.717) is 10.6 Å². The smallest absolute Gasteiger partial charge is 0.307 e. The summed E-state index contributed by atoms with van der Waals surface area (Å²) in [4.78, 5) is 12.4. The highest BCUT2D eigenvalue weighted by Gasteiger charge is 2.13. The van der Waals surface area contributed by atoms with Crippen molar-refractivity contribution in [3.05, 3.63) is 87.4 Å². The Hall–Kier alpha value is -3.31. The number of carbonyl (C=O) groups is 1. The zero-order chi connectivity index (χ0) is 21.4. The van der Waals surface area contributed by atoms with E-state index in [-0.39, 0.29) is 5.76 Å². The Kier molecular flexibility index (Phi) is 5.22. The summed E-state index contributed by atoms with van der Waals surface area (Å²) in [7, 11) is 0. The van der Waals surface area contributed by atoms with Crippen LogP contribution in [0.1, 0.15) is 38.6 Å². The topological polar surface area (TPSA) is 59.5 Å². The Morgan fingerprint density at radius 3 is 2.63 bits per heavy atom. The van der Waals surface area contributed by atoms with Gasteiger partial charge in [0, 0.05) is 33.0 Å². The molecule has 2 aromatic heterocycles. The third-order valence-corrected chi connectivity index (χ3v) is 5.37. The number of carbonyl (C=O) groups excluding carboxylic acids is 1. The van der Waals surface area contributed by atoms with E-state index >= 15 is 0 Å². The lowest BCUT2D eigenvalue weighted by atomic mass is 10.1. The van der Waals surface area contributed by atoms with Crippen molar-refractivity contribution < 1.29 is 9.21 Å². The van der Waals surface area contributed by atoms with E-state index in [2.05, 4.69) is 54.1 Å². The van der Waals surface area contributed by atoms with Gasteiger partial charge in [-0.3, -0.25) is 4.79 Å². The number of aromatic nitrogens is 1. The number of amides is 1. The van der Waals surface area contributed by atoms with Crippen LogP contribution in [0.3, 0.4) is 0 Å². The lowest BCUT2D eigenvalue weighted by molar-refractivity contribution is 0.0929. The van der Waals surface area contributed by atoms with Crippen LogP contribution in [0, 0.1) is 27.7 Å². The van der Waals surface area contributed by atoms with E-state index in [4.69, 9.17) is 16.0 Å². The summed E-state index contributed by atoms with van der Waals surface area (Å²) in [5.41, 5.74) is 9.80. The van der Waals surface area contributed by atoms with Gasteiger partial charge in [-0.25, -0.2) is 5.43 Å². The molecule has 152 valence electrons. The fourth-order valence-corrected chi connectivity index (χ4v) is 3.87. The molecule has 0 atom stereocenters. The van der Waals surface area contributed by atoms with Gasteiger partial charge in [-0.1, -0.05) is 29.3 Å². The third kappa shape index (κ3) is 3.76. The number of benzene rings is 2. The van der Waals surface area contributed by atoms with Crippen molar-refractivity contribution in [2.24, 2.45) is 5.10 Å². The van der Waals surface area contributed by atoms with Gasteiger partial charge in [0.05, 0.1) is 6.21 Å². The molecule has 0 spiro atoms. The predicted molar refractivity (Wildman–Crippen MR) is 121 cm³/mol. The number of hydrogen-bond donors (Lipinski definition) is 1. The van der Waals surface area contributed by atoms with E-state index in [0.717, 1.165) is 28.0 Å². The molecule has 0 aliphatic carbocycles. The number of nitrogens with one attached hydrogen (secondary N) is 1. The summed E-state index contributed by atoms with van der Waals surface area (Å²) >= 11 is 5.98. The molecule has 1 amide bonds. The second-order valence-electron chi connectivity index (χ2n) is 7.44. The van der Waals surface area contributed by atoms with Crippen molar-refractivity contribution >= 4 is 34.7 Å². The molecule has 5 nitrogen and oxygen atoms in total. The zero-order valence-electron chi connectivity index (χ0n) is 17.3. The molecule has 1 N–H and O–H groups in total. The van der Waals surface area contributed by atoms with Crippen LogP contribution in [-0.4, -0.2) is 16.7 Å². The summed E-state index contributed by atoms with van der Waals surface area (Å²) < 4.78 is 7.76. The van der Waals surface area contributed by atoms with Gasteiger partial charge in [0.2, 0.25) is 0 Å². The summed E-state index contributed by atoms with van der Waals surface area (Å²) in [6.45, 7) is 8.29. The molecule has 4 aromatic rings. The number of rotatable bonds is 4. The fraction of sp³-hybridized carbons (Fsp3) is 0.167. The summed E-state index contributed by atoms with van der Waals surface area (Å²) in [6.07, 6.45) is 1.65. The molecule has 0 saturated heterocycles. The molecule has 0 bridgehead atoms. The van der Waals surface area contributed by atoms with Crippen molar-refractivity contribution in [2.45, 2.75) is 27.7 Å². The van der Waals surface area contributed by atoms with Crippen LogP contribution in [0.15, 0.2) is 58.0 Å². The Morgan fingerprint density at radius 2 is 1.87 bits per heavy atom. The van der Waals surface area contributed by atoms with Crippen LogP contribution in [0.25, 0.3) is 16.7 Å². The lowest BCUT2D eigenvalue weighted by Crippen LogP contribution is -2.16. The first-order valence-corrected chi connectivity index (χ1v) is 10.0. The molecule has 0 fully saturated rings. The highest BCUT2D eigenvalue weighted by molar-refractivity contribution is 6.31. The van der Waals surface area contributed by atoms with E-state index in [1.165, 1.54) is 11.1 Å². The number of halogens is 1. The fourth-order valence-electron chi connectivity index (χ4n) is 3.69. The monoisotopic (exact) mass is 419 g/mol. The van der Waals surface area contributed by atoms with Crippen LogP contribution in [0.4, 0.5) is 0 Å². The molecule has 4 rings (SSSR count). The van der Waals surface area contributed by atoms with Gasteiger partial charge in [-0.05, 0) is 69.7 Å². The number of hydrogen-bond acceptors (Lipinski definition) is 3. The van der Waals surface area contributed by atoms with Gasteiger partial charge < -0.3 is 8.98 Å². The van der Waals surface area contributed by atoms with Gasteiger partial charge in [0.15, 0.2) is 5.76 Å². The molecule has 0 unspecified atom stereocenters. The highest BCUT2D eigenvalue weighted by atomic mass is 35.5. The van der Waals surface area contributed by atoms with Crippen LogP contribution in [0.5, 0.6) is 0 Å². The Balaban J connectivity index is 1.54. The number of hydrazone groups is 1. The molecular weight excluding hydrogens is 398 g/mol. The van der Waals surface area contributed by atoms with Gasteiger partial charge in [0.1, 0.15) is 5.58 Å². The number of furan rings is 1. The van der Waals surface area contributed by atoms with Crippen molar-refractivity contribution in [1.82, 2.24) is 9.99 Å². The second-order valence-corrected chi connectivity index (χ2v) is 7.88. The summed E-state index contributed by atoms with van der Waals surface area (Å²) in [6, 6.07) is 15.3. The third-order valence-electron chi connectivity index (χ3n) is 5.14. The van der Waals surface area contributed by atoms with Crippen LogP contribution < -0.4 is 5.43 Å². The number of aryl methyl sites for hydroxylation is 3. The maximum absolute atomic E-state index is 12.4. The highest BCUT2D eigenvalue weighted by Crippen LogP contribution is 2.24. The van der Waals surface area contributed by atoms with Crippen molar-refractivity contribution in [2.75, 3.05) is 0 Å². The minimum Gasteiger partial charge on any atom is -0.451 e. The maximum atomic E-state index is 12.4. The first kappa shape index (κ1) is 20.0. The van der Waals surface area contributed by atoms with Crippen molar-refractivity contribution in [3.63, 3.8) is 0 Å². The standard InChI is InChI=1S/C24H22ClN3O2/c1-14-5-7-21(15(2)9-14)28-16(3)10-19(17(28)4)13-26-27-24(29)23-12-18-11-20(25)6-8-22(18)30-23/h5-13H,1-4H3,(H,27,29)/b26-13+. The molecule has 2 aromatic carbocycles. The Bertz CT molecular complexity index is 1300. The molecule has 2 heterocycles. The molecule has 0 radical (unpaired) electrons.